The van der Waals surface area contributed by atoms with Crippen LogP contribution in [0.15, 0.2) is 49.1 Å². The van der Waals surface area contributed by atoms with Crippen LogP contribution >= 0.6 is 46.4 Å². The van der Waals surface area contributed by atoms with Crippen molar-refractivity contribution in [1.29, 1.82) is 0 Å². The molecule has 0 aromatic carbocycles. The van der Waals surface area contributed by atoms with Gasteiger partial charge >= 0.3 is 0 Å². The fourth-order valence-corrected chi connectivity index (χ4v) is 2.85. The smallest absolute Gasteiger partial charge is 0.213 e. The second-order valence-corrected chi connectivity index (χ2v) is 6.60. The number of Topliss-reactive ketones (excluding diaryl/α,β-unsaturated/α-hetero) is 1. The molecule has 2 aromatic heterocycles. The number of nitrogens with zero attached hydrogens (tertiary/aromatic N) is 2. The highest BCUT2D eigenvalue weighted by Crippen LogP contribution is 2.46. The van der Waals surface area contributed by atoms with Crippen molar-refractivity contribution in [2.24, 2.45) is 0 Å². The molecule has 7 heteroatoms. The van der Waals surface area contributed by atoms with Crippen LogP contribution in [-0.4, -0.2) is 15.8 Å². The fraction of sp³-hybridized carbons (Fsp3) is 0.154. The molecule has 0 spiro atoms. The first kappa shape index (κ1) is 15.5. The molecule has 3 nitrogen and oxygen atoms in total. The van der Waals surface area contributed by atoms with Gasteiger partial charge in [0.05, 0.1) is 0 Å². The summed E-state index contributed by atoms with van der Waals surface area (Å²) in [5.41, 5.74) is 0.695. The molecule has 20 heavy (non-hydrogen) atoms. The minimum absolute atomic E-state index is 0.348. The van der Waals surface area contributed by atoms with Crippen molar-refractivity contribution in [1.82, 2.24) is 9.97 Å². The summed E-state index contributed by atoms with van der Waals surface area (Å²) < 4.78 is -3.76. The van der Waals surface area contributed by atoms with Crippen molar-refractivity contribution in [2.75, 3.05) is 0 Å². The number of carbonyl (C=O) groups excluding carboxylic acids is 1. The monoisotopic (exact) mass is 348 g/mol. The molecule has 104 valence electrons. The van der Waals surface area contributed by atoms with Gasteiger partial charge in [-0.1, -0.05) is 46.4 Å². The number of hydrogen-bond donors (Lipinski definition) is 0. The Kier molecular flexibility index (Phi) is 4.55. The Balaban J connectivity index is 2.40. The Bertz CT molecular complexity index is 549. The largest absolute Gasteiger partial charge is 0.292 e. The molecule has 2 aromatic rings. The second kappa shape index (κ2) is 5.86. The highest BCUT2D eigenvalue weighted by Gasteiger charge is 2.49. The second-order valence-electron chi connectivity index (χ2n) is 3.95. The van der Waals surface area contributed by atoms with Gasteiger partial charge in [0, 0.05) is 24.8 Å². The summed E-state index contributed by atoms with van der Waals surface area (Å²) >= 11 is 24.6. The standard InChI is InChI=1S/C13H8Cl4N2O/c14-12(15,9-1-5-18-6-2-9)11(20)13(16,17)10-3-7-19-8-4-10/h1-8H. The molecule has 0 atom stereocenters. The van der Waals surface area contributed by atoms with Crippen molar-refractivity contribution >= 4 is 52.2 Å². The predicted octanol–water partition coefficient (Wildman–Crippen LogP) is 4.01. The zero-order valence-corrected chi connectivity index (χ0v) is 13.0. The van der Waals surface area contributed by atoms with Gasteiger partial charge in [-0.25, -0.2) is 0 Å². The number of alkyl halides is 4. The van der Waals surface area contributed by atoms with Crippen molar-refractivity contribution in [2.45, 2.75) is 8.67 Å². The Morgan fingerprint density at radius 1 is 0.750 bits per heavy atom. The molecule has 0 amide bonds. The SMILES string of the molecule is O=C(C(Cl)(Cl)c1ccncc1)C(Cl)(Cl)c1ccncc1. The highest BCUT2D eigenvalue weighted by molar-refractivity contribution is 6.67. The maximum atomic E-state index is 12.5. The van der Waals surface area contributed by atoms with Crippen LogP contribution in [0.2, 0.25) is 0 Å². The maximum absolute atomic E-state index is 12.5. The number of ketones is 1. The Morgan fingerprint density at radius 3 is 1.35 bits per heavy atom. The van der Waals surface area contributed by atoms with E-state index in [0.717, 1.165) is 0 Å². The van der Waals surface area contributed by atoms with Gasteiger partial charge in [-0.3, -0.25) is 14.8 Å². The summed E-state index contributed by atoms with van der Waals surface area (Å²) in [7, 11) is 0. The minimum Gasteiger partial charge on any atom is -0.292 e. The first-order valence-corrected chi connectivity index (χ1v) is 6.99. The molecule has 0 aliphatic carbocycles. The van der Waals surface area contributed by atoms with Crippen LogP contribution in [0.25, 0.3) is 0 Å². The Labute approximate surface area is 135 Å². The van der Waals surface area contributed by atoms with Crippen LogP contribution in [0.5, 0.6) is 0 Å². The summed E-state index contributed by atoms with van der Waals surface area (Å²) in [6.45, 7) is 0. The van der Waals surface area contributed by atoms with Crippen molar-refractivity contribution in [3.8, 4) is 0 Å². The summed E-state index contributed by atoms with van der Waals surface area (Å²) in [6, 6.07) is 6.09. The van der Waals surface area contributed by atoms with E-state index in [9.17, 15) is 4.79 Å². The molecule has 0 unspecified atom stereocenters. The summed E-state index contributed by atoms with van der Waals surface area (Å²) in [5.74, 6) is -0.755. The van der Waals surface area contributed by atoms with Gasteiger partial charge in [-0.2, -0.15) is 0 Å². The molecule has 0 fully saturated rings. The zero-order chi connectivity index (χ0) is 14.8. The lowest BCUT2D eigenvalue weighted by molar-refractivity contribution is -0.120. The fourth-order valence-electron chi connectivity index (χ4n) is 1.58. The number of hydrogen-bond acceptors (Lipinski definition) is 3. The lowest BCUT2D eigenvalue weighted by Gasteiger charge is -2.26. The van der Waals surface area contributed by atoms with Gasteiger partial charge in [-0.15, -0.1) is 0 Å². The molecule has 0 radical (unpaired) electrons. The quantitative estimate of drug-likeness (QED) is 0.783. The minimum atomic E-state index is -1.88. The Morgan fingerprint density at radius 2 is 1.05 bits per heavy atom. The van der Waals surface area contributed by atoms with Gasteiger partial charge in [-0.05, 0) is 35.4 Å². The molecular weight excluding hydrogens is 342 g/mol. The van der Waals surface area contributed by atoms with E-state index in [1.165, 1.54) is 49.1 Å². The summed E-state index contributed by atoms with van der Waals surface area (Å²) in [6.07, 6.45) is 5.88. The number of rotatable bonds is 4. The number of carbonyl (C=O) groups is 1. The summed E-state index contributed by atoms with van der Waals surface area (Å²) in [5, 5.41) is 0. The van der Waals surface area contributed by atoms with Crippen LogP contribution < -0.4 is 0 Å². The van der Waals surface area contributed by atoms with Gasteiger partial charge < -0.3 is 0 Å². The van der Waals surface area contributed by atoms with E-state index in [1.54, 1.807) is 0 Å². The van der Waals surface area contributed by atoms with Gasteiger partial charge in [0.2, 0.25) is 14.4 Å². The highest BCUT2D eigenvalue weighted by atomic mass is 35.5. The average molecular weight is 350 g/mol. The van der Waals surface area contributed by atoms with Crippen molar-refractivity contribution in [3.63, 3.8) is 0 Å². The van der Waals surface area contributed by atoms with Crippen LogP contribution in [0, 0.1) is 0 Å². The third-order valence-corrected chi connectivity index (χ3v) is 4.22. The zero-order valence-electron chi connectivity index (χ0n) is 9.93. The molecule has 0 bridgehead atoms. The Hall–Kier alpha value is -0.870. The average Bonchev–Trinajstić information content (AvgIpc) is 2.48. The third-order valence-electron chi connectivity index (χ3n) is 2.66. The van der Waals surface area contributed by atoms with E-state index in [0.29, 0.717) is 11.1 Å². The lowest BCUT2D eigenvalue weighted by Crippen LogP contribution is -2.36. The molecule has 0 N–H and O–H groups in total. The normalized spacial score (nSPS) is 12.2. The van der Waals surface area contributed by atoms with Gasteiger partial charge in [0.25, 0.3) is 0 Å². The van der Waals surface area contributed by atoms with Crippen molar-refractivity contribution in [3.05, 3.63) is 60.2 Å². The predicted molar refractivity (Wildman–Crippen MR) is 80.2 cm³/mol. The van der Waals surface area contributed by atoms with Gasteiger partial charge in [0.1, 0.15) is 0 Å². The first-order chi connectivity index (χ1) is 9.37. The molecule has 2 rings (SSSR count). The van der Waals surface area contributed by atoms with Crippen LogP contribution in [0.1, 0.15) is 11.1 Å². The third kappa shape index (κ3) is 2.91. The topological polar surface area (TPSA) is 42.9 Å². The van der Waals surface area contributed by atoms with E-state index < -0.39 is 14.4 Å². The van der Waals surface area contributed by atoms with E-state index in [1.807, 2.05) is 0 Å². The lowest BCUT2D eigenvalue weighted by atomic mass is 10.0. The van der Waals surface area contributed by atoms with E-state index >= 15 is 0 Å². The number of pyridine rings is 2. The van der Waals surface area contributed by atoms with E-state index in [2.05, 4.69) is 9.97 Å². The van der Waals surface area contributed by atoms with E-state index in [4.69, 9.17) is 46.4 Å². The molecule has 2 heterocycles. The van der Waals surface area contributed by atoms with E-state index in [-0.39, 0.29) is 0 Å². The van der Waals surface area contributed by atoms with Crippen molar-refractivity contribution < 1.29 is 4.79 Å². The number of aromatic nitrogens is 2. The molecule has 0 saturated carbocycles. The maximum Gasteiger partial charge on any atom is 0.213 e. The van der Waals surface area contributed by atoms with Crippen LogP contribution in [-0.2, 0) is 13.5 Å². The van der Waals surface area contributed by atoms with Crippen LogP contribution in [0.3, 0.4) is 0 Å². The van der Waals surface area contributed by atoms with Crippen LogP contribution in [0.4, 0.5) is 0 Å². The molecule has 0 saturated heterocycles. The molecule has 0 aliphatic rings. The number of halogens is 4. The molecule has 0 aliphatic heterocycles. The first-order valence-electron chi connectivity index (χ1n) is 5.48. The molecular formula is C13H8Cl4N2O. The van der Waals surface area contributed by atoms with Gasteiger partial charge in [0.15, 0.2) is 0 Å². The summed E-state index contributed by atoms with van der Waals surface area (Å²) in [4.78, 5) is 20.2.